The molecule has 0 aromatic heterocycles. The molecule has 0 saturated heterocycles. The number of carboxylic acids is 1. The second kappa shape index (κ2) is 6.00. The molecule has 1 unspecified atom stereocenters. The zero-order valence-electron chi connectivity index (χ0n) is 11.1. The van der Waals surface area contributed by atoms with Gasteiger partial charge in [-0.15, -0.1) is 0 Å². The Labute approximate surface area is 116 Å². The fourth-order valence-corrected chi connectivity index (χ4v) is 1.96. The summed E-state index contributed by atoms with van der Waals surface area (Å²) in [6.45, 7) is 1.53. The van der Waals surface area contributed by atoms with Crippen molar-refractivity contribution in [2.75, 3.05) is 11.9 Å². The van der Waals surface area contributed by atoms with Crippen molar-refractivity contribution in [2.24, 2.45) is 5.92 Å². The fraction of sp³-hybridized carbons (Fsp3) is 0.429. The Morgan fingerprint density at radius 2 is 2.15 bits per heavy atom. The Bertz CT molecular complexity index is 529. The monoisotopic (exact) mass is 280 g/mol. The van der Waals surface area contributed by atoms with Crippen LogP contribution in [0.5, 0.6) is 0 Å². The lowest BCUT2D eigenvalue weighted by Gasteiger charge is -2.13. The van der Waals surface area contributed by atoms with E-state index in [1.54, 1.807) is 19.1 Å². The lowest BCUT2D eigenvalue weighted by Crippen LogP contribution is -2.42. The number of nitrogens with one attached hydrogen (secondary N) is 2. The first-order valence-corrected chi connectivity index (χ1v) is 6.49. The number of rotatable bonds is 6. The highest BCUT2D eigenvalue weighted by atomic mass is 19.1. The van der Waals surface area contributed by atoms with E-state index in [4.69, 9.17) is 5.11 Å². The van der Waals surface area contributed by atoms with Gasteiger partial charge in [-0.3, -0.25) is 14.9 Å². The van der Waals surface area contributed by atoms with Gasteiger partial charge in [0.25, 0.3) is 0 Å². The van der Waals surface area contributed by atoms with Crippen molar-refractivity contribution in [1.82, 2.24) is 5.32 Å². The molecule has 108 valence electrons. The molecule has 1 atom stereocenters. The summed E-state index contributed by atoms with van der Waals surface area (Å²) in [7, 11) is 0. The van der Waals surface area contributed by atoms with Gasteiger partial charge >= 0.3 is 5.97 Å². The van der Waals surface area contributed by atoms with Gasteiger partial charge in [-0.25, -0.2) is 4.39 Å². The third-order valence-corrected chi connectivity index (χ3v) is 3.30. The summed E-state index contributed by atoms with van der Waals surface area (Å²) in [5.74, 6) is -1.61. The average molecular weight is 280 g/mol. The Balaban J connectivity index is 1.85. The van der Waals surface area contributed by atoms with Crippen LogP contribution in [0, 0.1) is 18.7 Å². The number of carbonyl (C=O) groups is 2. The second-order valence-corrected chi connectivity index (χ2v) is 5.05. The van der Waals surface area contributed by atoms with E-state index in [-0.39, 0.29) is 18.4 Å². The van der Waals surface area contributed by atoms with Crippen molar-refractivity contribution in [3.8, 4) is 0 Å². The molecule has 1 aromatic carbocycles. The summed E-state index contributed by atoms with van der Waals surface area (Å²) >= 11 is 0. The number of carbonyl (C=O) groups excluding carboxylic acids is 1. The standard InChI is InChI=1S/C14H17FN2O3/c1-8-2-5-10(6-11(8)15)17-12(18)7-16-13(14(19)20)9-3-4-9/h2,5-6,9,13,16H,3-4,7H2,1H3,(H,17,18)(H,19,20). The zero-order chi connectivity index (χ0) is 14.7. The van der Waals surface area contributed by atoms with E-state index in [1.807, 2.05) is 0 Å². The first-order valence-electron chi connectivity index (χ1n) is 6.49. The van der Waals surface area contributed by atoms with Gasteiger partial charge in [-0.05, 0) is 43.4 Å². The van der Waals surface area contributed by atoms with Crippen LogP contribution in [0.25, 0.3) is 0 Å². The quantitative estimate of drug-likeness (QED) is 0.738. The van der Waals surface area contributed by atoms with Crippen molar-refractivity contribution in [3.63, 3.8) is 0 Å². The molecular formula is C14H17FN2O3. The average Bonchev–Trinajstić information content (AvgIpc) is 3.18. The number of aryl methyl sites for hydroxylation is 1. The molecule has 6 heteroatoms. The SMILES string of the molecule is Cc1ccc(NC(=O)CNC(C(=O)O)C2CC2)cc1F. The van der Waals surface area contributed by atoms with E-state index in [1.165, 1.54) is 6.07 Å². The number of halogens is 1. The van der Waals surface area contributed by atoms with Crippen molar-refractivity contribution in [3.05, 3.63) is 29.6 Å². The van der Waals surface area contributed by atoms with Crippen LogP contribution in [0.2, 0.25) is 0 Å². The molecule has 1 aromatic rings. The first-order chi connectivity index (χ1) is 9.47. The van der Waals surface area contributed by atoms with Gasteiger partial charge in [0.1, 0.15) is 11.9 Å². The topological polar surface area (TPSA) is 78.4 Å². The van der Waals surface area contributed by atoms with Gasteiger partial charge in [0, 0.05) is 5.69 Å². The van der Waals surface area contributed by atoms with E-state index in [0.29, 0.717) is 11.3 Å². The molecule has 0 heterocycles. The lowest BCUT2D eigenvalue weighted by molar-refractivity contribution is -0.140. The van der Waals surface area contributed by atoms with Crippen molar-refractivity contribution in [2.45, 2.75) is 25.8 Å². The predicted molar refractivity (Wildman–Crippen MR) is 71.9 cm³/mol. The summed E-state index contributed by atoms with van der Waals surface area (Å²) in [6.07, 6.45) is 1.74. The molecule has 0 aliphatic heterocycles. The van der Waals surface area contributed by atoms with Crippen molar-refractivity contribution >= 4 is 17.6 Å². The van der Waals surface area contributed by atoms with Crippen molar-refractivity contribution in [1.29, 1.82) is 0 Å². The molecular weight excluding hydrogens is 263 g/mol. The van der Waals surface area contributed by atoms with Gasteiger partial charge in [0.15, 0.2) is 0 Å². The third-order valence-electron chi connectivity index (χ3n) is 3.30. The smallest absolute Gasteiger partial charge is 0.320 e. The number of anilines is 1. The molecule has 1 amide bonds. The van der Waals surface area contributed by atoms with Crippen LogP contribution in [-0.2, 0) is 9.59 Å². The lowest BCUT2D eigenvalue weighted by atomic mass is 10.2. The van der Waals surface area contributed by atoms with E-state index in [9.17, 15) is 14.0 Å². The number of hydrogen-bond donors (Lipinski definition) is 3. The highest BCUT2D eigenvalue weighted by molar-refractivity contribution is 5.92. The maximum atomic E-state index is 13.3. The largest absolute Gasteiger partial charge is 0.480 e. The maximum Gasteiger partial charge on any atom is 0.320 e. The van der Waals surface area contributed by atoms with E-state index in [2.05, 4.69) is 10.6 Å². The highest BCUT2D eigenvalue weighted by Gasteiger charge is 2.36. The van der Waals surface area contributed by atoms with Gasteiger partial charge in [-0.1, -0.05) is 6.07 Å². The van der Waals surface area contributed by atoms with Crippen LogP contribution in [0.3, 0.4) is 0 Å². The molecule has 2 rings (SSSR count). The predicted octanol–water partition coefficient (Wildman–Crippen LogP) is 1.53. The summed E-state index contributed by atoms with van der Waals surface area (Å²) in [4.78, 5) is 22.7. The number of amides is 1. The Morgan fingerprint density at radius 1 is 1.45 bits per heavy atom. The maximum absolute atomic E-state index is 13.3. The van der Waals surface area contributed by atoms with Crippen LogP contribution in [0.1, 0.15) is 18.4 Å². The molecule has 5 nitrogen and oxygen atoms in total. The number of carboxylic acid groups (broad SMARTS) is 1. The Kier molecular flexibility index (Phi) is 4.34. The molecule has 3 N–H and O–H groups in total. The summed E-state index contributed by atoms with van der Waals surface area (Å²) in [6, 6.07) is 3.73. The zero-order valence-corrected chi connectivity index (χ0v) is 11.1. The number of benzene rings is 1. The summed E-state index contributed by atoms with van der Waals surface area (Å²) in [5.41, 5.74) is 0.860. The second-order valence-electron chi connectivity index (χ2n) is 5.05. The van der Waals surface area contributed by atoms with Gasteiger partial charge < -0.3 is 10.4 Å². The summed E-state index contributed by atoms with van der Waals surface area (Å²) < 4.78 is 13.3. The fourth-order valence-electron chi connectivity index (χ4n) is 1.96. The van der Waals surface area contributed by atoms with Gasteiger partial charge in [0.05, 0.1) is 6.54 Å². The molecule has 0 bridgehead atoms. The molecule has 0 radical (unpaired) electrons. The Hall–Kier alpha value is -1.95. The van der Waals surface area contributed by atoms with Gasteiger partial charge in [0.2, 0.25) is 5.91 Å². The van der Waals surface area contributed by atoms with E-state index in [0.717, 1.165) is 12.8 Å². The molecule has 20 heavy (non-hydrogen) atoms. The highest BCUT2D eigenvalue weighted by Crippen LogP contribution is 2.32. The van der Waals surface area contributed by atoms with Crippen LogP contribution >= 0.6 is 0 Å². The molecule has 1 fully saturated rings. The van der Waals surface area contributed by atoms with Crippen LogP contribution in [0.15, 0.2) is 18.2 Å². The van der Waals surface area contributed by atoms with Gasteiger partial charge in [-0.2, -0.15) is 0 Å². The van der Waals surface area contributed by atoms with Crippen molar-refractivity contribution < 1.29 is 19.1 Å². The molecule has 1 saturated carbocycles. The van der Waals surface area contributed by atoms with Crippen LogP contribution in [-0.4, -0.2) is 29.6 Å². The minimum Gasteiger partial charge on any atom is -0.480 e. The summed E-state index contributed by atoms with van der Waals surface area (Å²) in [5, 5.41) is 14.3. The minimum atomic E-state index is -0.943. The first kappa shape index (κ1) is 14.5. The molecule has 0 spiro atoms. The van der Waals surface area contributed by atoms with Crippen LogP contribution in [0.4, 0.5) is 10.1 Å². The van der Waals surface area contributed by atoms with Crippen LogP contribution < -0.4 is 10.6 Å². The Morgan fingerprint density at radius 3 is 2.70 bits per heavy atom. The van der Waals surface area contributed by atoms with E-state index >= 15 is 0 Å². The number of hydrogen-bond acceptors (Lipinski definition) is 3. The molecule has 1 aliphatic carbocycles. The number of aliphatic carboxylic acids is 1. The normalized spacial score (nSPS) is 15.7. The minimum absolute atomic E-state index is 0.108. The third kappa shape index (κ3) is 3.77. The van der Waals surface area contributed by atoms with E-state index < -0.39 is 17.8 Å². The molecule has 1 aliphatic rings.